The molecule has 4 rings (SSSR count). The number of Topliss-reactive ketones (excluding diaryl/α,β-unsaturated/α-hetero) is 1. The fourth-order valence-electron chi connectivity index (χ4n) is 5.20. The minimum atomic E-state index is -0.997. The van der Waals surface area contributed by atoms with Gasteiger partial charge in [-0.15, -0.1) is 0 Å². The molecule has 0 N–H and O–H groups in total. The number of nitrogens with zero attached hydrogens (tertiary/aromatic N) is 1. The first-order valence-corrected chi connectivity index (χ1v) is 13.5. The zero-order valence-electron chi connectivity index (χ0n) is 16.9. The van der Waals surface area contributed by atoms with Gasteiger partial charge in [-0.05, 0) is 36.7 Å². The monoisotopic (exact) mass is 571 g/mol. The lowest BCUT2D eigenvalue weighted by Crippen LogP contribution is -2.47. The SMILES string of the molecule is CSCC[C@@H](C(=O)OCC(=O)c1ccccc1)N1C(=O)[C@@H]2[C@@H]3C[C@@H]([C@H](Br)[C@@H]3Br)[C@@H]2C1=O. The number of esters is 1. The molecule has 1 aromatic rings. The standard InChI is InChI=1S/C22H23Br2NO5S/c1-31-8-7-14(22(29)30-10-15(26)11-5-3-2-4-6-11)25-20(27)16-12-9-13(17(16)21(25)28)19(24)18(12)23/h2-6,12-14,16-19H,7-10H2,1H3/t12-,13+,14-,16+,17-,18+,19-/m0/s1. The van der Waals surface area contributed by atoms with Crippen LogP contribution in [-0.4, -0.2) is 62.8 Å². The molecule has 1 aliphatic heterocycles. The molecular formula is C22H23Br2NO5S. The Kier molecular flexibility index (Phi) is 6.93. The van der Waals surface area contributed by atoms with Gasteiger partial charge in [-0.3, -0.25) is 19.3 Å². The highest BCUT2D eigenvalue weighted by atomic mass is 79.9. The van der Waals surface area contributed by atoms with Gasteiger partial charge in [0.05, 0.1) is 11.8 Å². The number of thioether (sulfide) groups is 1. The third-order valence-electron chi connectivity index (χ3n) is 6.64. The molecule has 1 aromatic carbocycles. The van der Waals surface area contributed by atoms with Crippen molar-refractivity contribution in [3.63, 3.8) is 0 Å². The lowest BCUT2D eigenvalue weighted by atomic mass is 9.81. The number of hydrogen-bond acceptors (Lipinski definition) is 6. The Balaban J connectivity index is 1.50. The number of imide groups is 1. The van der Waals surface area contributed by atoms with Crippen LogP contribution in [0, 0.1) is 23.7 Å². The van der Waals surface area contributed by atoms with Crippen LogP contribution >= 0.6 is 43.6 Å². The average molecular weight is 573 g/mol. The number of halogens is 2. The van der Waals surface area contributed by atoms with Crippen molar-refractivity contribution in [1.29, 1.82) is 0 Å². The summed E-state index contributed by atoms with van der Waals surface area (Å²) in [5.41, 5.74) is 0.446. The Morgan fingerprint density at radius 1 is 1.10 bits per heavy atom. The summed E-state index contributed by atoms with van der Waals surface area (Å²) in [5.74, 6) is -1.58. The van der Waals surface area contributed by atoms with E-state index in [1.807, 2.05) is 6.26 Å². The number of ketones is 1. The maximum atomic E-state index is 13.3. The van der Waals surface area contributed by atoms with Crippen molar-refractivity contribution in [2.45, 2.75) is 28.5 Å². The van der Waals surface area contributed by atoms with Crippen molar-refractivity contribution in [2.75, 3.05) is 18.6 Å². The molecule has 7 atom stereocenters. The first-order chi connectivity index (χ1) is 14.9. The van der Waals surface area contributed by atoms with E-state index in [2.05, 4.69) is 31.9 Å². The Bertz CT molecular complexity index is 865. The summed E-state index contributed by atoms with van der Waals surface area (Å²) in [6.07, 6.45) is 3.04. The van der Waals surface area contributed by atoms with Gasteiger partial charge in [0.1, 0.15) is 6.04 Å². The van der Waals surface area contributed by atoms with Crippen molar-refractivity contribution >= 4 is 67.2 Å². The molecule has 0 radical (unpaired) electrons. The number of carbonyl (C=O) groups excluding carboxylic acids is 4. The van der Waals surface area contributed by atoms with Gasteiger partial charge in [-0.25, -0.2) is 4.79 Å². The van der Waals surface area contributed by atoms with Gasteiger partial charge in [-0.2, -0.15) is 11.8 Å². The molecule has 2 bridgehead atoms. The van der Waals surface area contributed by atoms with Gasteiger partial charge < -0.3 is 4.74 Å². The molecule has 166 valence electrons. The summed E-state index contributed by atoms with van der Waals surface area (Å²) in [6, 6.07) is 7.57. The second-order valence-corrected chi connectivity index (χ2v) is 11.3. The summed E-state index contributed by atoms with van der Waals surface area (Å²) >= 11 is 8.87. The molecule has 31 heavy (non-hydrogen) atoms. The predicted molar refractivity (Wildman–Crippen MR) is 124 cm³/mol. The molecule has 2 aliphatic carbocycles. The number of ether oxygens (including phenoxy) is 1. The Morgan fingerprint density at radius 2 is 1.68 bits per heavy atom. The number of fused-ring (bicyclic) bond motifs is 5. The molecule has 1 saturated heterocycles. The van der Waals surface area contributed by atoms with Crippen molar-refractivity contribution < 1.29 is 23.9 Å². The van der Waals surface area contributed by atoms with Gasteiger partial charge in [0.25, 0.3) is 0 Å². The highest BCUT2D eigenvalue weighted by Gasteiger charge is 2.67. The zero-order valence-corrected chi connectivity index (χ0v) is 20.9. The van der Waals surface area contributed by atoms with Crippen LogP contribution in [0.1, 0.15) is 23.2 Å². The van der Waals surface area contributed by atoms with E-state index in [0.717, 1.165) is 11.3 Å². The lowest BCUT2D eigenvalue weighted by molar-refractivity contribution is -0.158. The van der Waals surface area contributed by atoms with Gasteiger partial charge >= 0.3 is 5.97 Å². The summed E-state index contributed by atoms with van der Waals surface area (Å²) in [4.78, 5) is 53.3. The lowest BCUT2D eigenvalue weighted by Gasteiger charge is -2.28. The number of likely N-dealkylation sites (tertiary alicyclic amines) is 1. The Labute approximate surface area is 202 Å². The van der Waals surface area contributed by atoms with Gasteiger partial charge in [0.15, 0.2) is 12.4 Å². The van der Waals surface area contributed by atoms with Crippen LogP contribution in [0.15, 0.2) is 30.3 Å². The molecule has 2 saturated carbocycles. The summed E-state index contributed by atoms with van der Waals surface area (Å²) in [5, 5.41) is 0. The maximum absolute atomic E-state index is 13.3. The third kappa shape index (κ3) is 4.02. The van der Waals surface area contributed by atoms with Crippen LogP contribution in [0.5, 0.6) is 0 Å². The van der Waals surface area contributed by atoms with Gasteiger partial charge in [0, 0.05) is 15.2 Å². The Morgan fingerprint density at radius 3 is 2.23 bits per heavy atom. The van der Waals surface area contributed by atoms with E-state index >= 15 is 0 Å². The smallest absolute Gasteiger partial charge is 0.329 e. The number of alkyl halides is 2. The first kappa shape index (κ1) is 23.0. The average Bonchev–Trinajstić information content (AvgIpc) is 3.38. The molecule has 9 heteroatoms. The van der Waals surface area contributed by atoms with Crippen molar-refractivity contribution in [3.05, 3.63) is 35.9 Å². The largest absolute Gasteiger partial charge is 0.456 e. The van der Waals surface area contributed by atoms with E-state index in [-0.39, 0.29) is 50.9 Å². The van der Waals surface area contributed by atoms with Crippen LogP contribution in [0.25, 0.3) is 0 Å². The van der Waals surface area contributed by atoms with E-state index in [4.69, 9.17) is 4.74 Å². The molecule has 0 aromatic heterocycles. The van der Waals surface area contributed by atoms with E-state index in [0.29, 0.717) is 17.7 Å². The number of amides is 2. The highest BCUT2D eigenvalue weighted by Crippen LogP contribution is 2.60. The molecule has 0 spiro atoms. The quantitative estimate of drug-likeness (QED) is 0.206. The maximum Gasteiger partial charge on any atom is 0.329 e. The molecule has 1 heterocycles. The molecular weight excluding hydrogens is 550 g/mol. The normalized spacial score (nSPS) is 32.3. The van der Waals surface area contributed by atoms with Gasteiger partial charge in [-0.1, -0.05) is 62.2 Å². The molecule has 0 unspecified atom stereocenters. The summed E-state index contributed by atoms with van der Waals surface area (Å²) in [6.45, 7) is -0.417. The van der Waals surface area contributed by atoms with Crippen LogP contribution in [-0.2, 0) is 19.1 Å². The van der Waals surface area contributed by atoms with Gasteiger partial charge in [0.2, 0.25) is 11.8 Å². The van der Waals surface area contributed by atoms with Crippen LogP contribution in [0.2, 0.25) is 0 Å². The van der Waals surface area contributed by atoms with Crippen LogP contribution in [0.4, 0.5) is 0 Å². The van der Waals surface area contributed by atoms with Crippen molar-refractivity contribution in [3.8, 4) is 0 Å². The minimum Gasteiger partial charge on any atom is -0.456 e. The summed E-state index contributed by atoms with van der Waals surface area (Å²) in [7, 11) is 0. The first-order valence-electron chi connectivity index (χ1n) is 10.3. The number of benzene rings is 1. The molecule has 3 aliphatic rings. The van der Waals surface area contributed by atoms with E-state index in [1.165, 1.54) is 11.8 Å². The number of hydrogen-bond donors (Lipinski definition) is 0. The Hall–Kier alpha value is -1.19. The minimum absolute atomic E-state index is 0.0812. The second kappa shape index (κ2) is 9.35. The van der Waals surface area contributed by atoms with E-state index < -0.39 is 18.6 Å². The highest BCUT2D eigenvalue weighted by molar-refractivity contribution is 9.12. The van der Waals surface area contributed by atoms with Crippen LogP contribution in [0.3, 0.4) is 0 Å². The van der Waals surface area contributed by atoms with Crippen molar-refractivity contribution in [2.24, 2.45) is 23.7 Å². The van der Waals surface area contributed by atoms with E-state index in [9.17, 15) is 19.2 Å². The zero-order chi connectivity index (χ0) is 22.3. The predicted octanol–water partition coefficient (Wildman–Crippen LogP) is 3.31. The number of carbonyl (C=O) groups is 4. The van der Waals surface area contributed by atoms with Crippen LogP contribution < -0.4 is 0 Å². The second-order valence-electron chi connectivity index (χ2n) is 8.24. The van der Waals surface area contributed by atoms with Crippen molar-refractivity contribution in [1.82, 2.24) is 4.90 Å². The summed E-state index contributed by atoms with van der Waals surface area (Å²) < 4.78 is 5.30. The number of rotatable bonds is 8. The third-order valence-corrected chi connectivity index (χ3v) is 10.5. The fraction of sp³-hybridized carbons (Fsp3) is 0.545. The topological polar surface area (TPSA) is 80.8 Å². The fourth-order valence-corrected chi connectivity index (χ4v) is 7.53. The molecule has 2 amide bonds. The van der Waals surface area contributed by atoms with E-state index in [1.54, 1.807) is 30.3 Å². The molecule has 6 nitrogen and oxygen atoms in total. The molecule has 3 fully saturated rings.